The van der Waals surface area contributed by atoms with Crippen LogP contribution >= 0.6 is 0 Å². The molecule has 0 aliphatic heterocycles. The molecule has 8 nitrogen and oxygen atoms in total. The van der Waals surface area contributed by atoms with E-state index in [1.165, 1.54) is 19.2 Å². The van der Waals surface area contributed by atoms with Gasteiger partial charge in [-0.1, -0.05) is 36.4 Å². The molecule has 4 aromatic rings. The van der Waals surface area contributed by atoms with Crippen molar-refractivity contribution in [3.8, 4) is 0 Å². The largest absolute Gasteiger partial charge is 0.342 e. The Morgan fingerprint density at radius 1 is 0.968 bits per heavy atom. The standard InChI is InChI=1S/C22H21N5O3S/c1-16(21-25-24-20-14-8-9-15-27(20)21)23-22(28)18-12-6-7-13-19(18)31(29,30)26(2)17-10-4-3-5-11-17/h3-16H,1-2H3,(H,23,28). The van der Waals surface area contributed by atoms with Crippen molar-refractivity contribution in [1.29, 1.82) is 0 Å². The first-order valence-electron chi connectivity index (χ1n) is 9.63. The Morgan fingerprint density at radius 3 is 2.42 bits per heavy atom. The zero-order valence-electron chi connectivity index (χ0n) is 17.0. The molecule has 0 spiro atoms. The summed E-state index contributed by atoms with van der Waals surface area (Å²) in [6.07, 6.45) is 1.81. The molecule has 0 aliphatic rings. The van der Waals surface area contributed by atoms with Crippen molar-refractivity contribution >= 4 is 27.3 Å². The van der Waals surface area contributed by atoms with Crippen LogP contribution in [-0.4, -0.2) is 36.0 Å². The second-order valence-corrected chi connectivity index (χ2v) is 8.92. The Hall–Kier alpha value is -3.72. The molecule has 2 aromatic carbocycles. The quantitative estimate of drug-likeness (QED) is 0.502. The number of hydrogen-bond acceptors (Lipinski definition) is 5. The van der Waals surface area contributed by atoms with Crippen LogP contribution in [0.15, 0.2) is 83.9 Å². The van der Waals surface area contributed by atoms with Crippen LogP contribution < -0.4 is 9.62 Å². The number of rotatable bonds is 6. The van der Waals surface area contributed by atoms with Gasteiger partial charge in [-0.05, 0) is 43.3 Å². The number of anilines is 1. The number of nitrogens with one attached hydrogen (secondary N) is 1. The number of carbonyl (C=O) groups excluding carboxylic acids is 1. The van der Waals surface area contributed by atoms with Crippen molar-refractivity contribution in [1.82, 2.24) is 19.9 Å². The van der Waals surface area contributed by atoms with Gasteiger partial charge in [0.05, 0.1) is 17.3 Å². The molecule has 9 heteroatoms. The summed E-state index contributed by atoms with van der Waals surface area (Å²) in [6.45, 7) is 1.77. The summed E-state index contributed by atoms with van der Waals surface area (Å²) in [7, 11) is -2.49. The lowest BCUT2D eigenvalue weighted by Gasteiger charge is -2.21. The van der Waals surface area contributed by atoms with Crippen LogP contribution in [0.2, 0.25) is 0 Å². The van der Waals surface area contributed by atoms with E-state index in [-0.39, 0.29) is 10.5 Å². The lowest BCUT2D eigenvalue weighted by Crippen LogP contribution is -2.32. The smallest absolute Gasteiger partial charge is 0.264 e. The van der Waals surface area contributed by atoms with Crippen molar-refractivity contribution in [2.45, 2.75) is 17.9 Å². The summed E-state index contributed by atoms with van der Waals surface area (Å²) in [5, 5.41) is 11.1. The minimum Gasteiger partial charge on any atom is -0.342 e. The zero-order valence-corrected chi connectivity index (χ0v) is 17.8. The minimum atomic E-state index is -3.95. The third-order valence-electron chi connectivity index (χ3n) is 4.96. The number of carbonyl (C=O) groups is 1. The van der Waals surface area contributed by atoms with Crippen molar-refractivity contribution < 1.29 is 13.2 Å². The van der Waals surface area contributed by atoms with Gasteiger partial charge in [0, 0.05) is 13.2 Å². The molecular formula is C22H21N5O3S. The third kappa shape index (κ3) is 3.87. The van der Waals surface area contributed by atoms with Crippen LogP contribution in [0.4, 0.5) is 5.69 Å². The van der Waals surface area contributed by atoms with Gasteiger partial charge in [-0.25, -0.2) is 8.42 Å². The van der Waals surface area contributed by atoms with E-state index in [9.17, 15) is 13.2 Å². The zero-order chi connectivity index (χ0) is 22.0. The molecule has 4 rings (SSSR count). The average molecular weight is 436 g/mol. The highest BCUT2D eigenvalue weighted by atomic mass is 32.2. The minimum absolute atomic E-state index is 0.0611. The number of para-hydroxylation sites is 1. The van der Waals surface area contributed by atoms with Gasteiger partial charge in [0.25, 0.3) is 15.9 Å². The molecule has 1 atom stereocenters. The van der Waals surface area contributed by atoms with Crippen molar-refractivity contribution in [2.75, 3.05) is 11.4 Å². The van der Waals surface area contributed by atoms with E-state index in [1.807, 2.05) is 18.2 Å². The maximum atomic E-state index is 13.3. The maximum absolute atomic E-state index is 13.3. The fourth-order valence-electron chi connectivity index (χ4n) is 3.30. The monoisotopic (exact) mass is 435 g/mol. The molecule has 1 N–H and O–H groups in total. The van der Waals surface area contributed by atoms with Gasteiger partial charge < -0.3 is 5.32 Å². The molecule has 1 amide bonds. The second-order valence-electron chi connectivity index (χ2n) is 6.99. The summed E-state index contributed by atoms with van der Waals surface area (Å²) in [5.41, 5.74) is 1.22. The van der Waals surface area contributed by atoms with E-state index in [4.69, 9.17) is 0 Å². The van der Waals surface area contributed by atoms with Crippen molar-refractivity contribution in [3.63, 3.8) is 0 Å². The fraction of sp³-hybridized carbons (Fsp3) is 0.136. The molecule has 0 radical (unpaired) electrons. The average Bonchev–Trinajstić information content (AvgIpc) is 3.23. The Kier molecular flexibility index (Phi) is 5.43. The lowest BCUT2D eigenvalue weighted by atomic mass is 10.2. The van der Waals surface area contributed by atoms with Crippen LogP contribution in [-0.2, 0) is 10.0 Å². The Balaban J connectivity index is 1.64. The second kappa shape index (κ2) is 8.19. The molecule has 0 saturated carbocycles. The van der Waals surface area contributed by atoms with Crippen LogP contribution in [0.3, 0.4) is 0 Å². The van der Waals surface area contributed by atoms with Gasteiger partial charge in [-0.15, -0.1) is 10.2 Å². The first-order chi connectivity index (χ1) is 14.9. The lowest BCUT2D eigenvalue weighted by molar-refractivity contribution is 0.0934. The van der Waals surface area contributed by atoms with E-state index in [2.05, 4.69) is 15.5 Å². The fourth-order valence-corrected chi connectivity index (χ4v) is 4.68. The summed E-state index contributed by atoms with van der Waals surface area (Å²) in [4.78, 5) is 13.0. The molecule has 0 saturated heterocycles. The number of amides is 1. The Morgan fingerprint density at radius 2 is 1.65 bits per heavy atom. The number of pyridine rings is 1. The maximum Gasteiger partial charge on any atom is 0.264 e. The van der Waals surface area contributed by atoms with Crippen LogP contribution in [0, 0.1) is 0 Å². The first kappa shape index (κ1) is 20.5. The molecule has 0 fully saturated rings. The predicted molar refractivity (Wildman–Crippen MR) is 117 cm³/mol. The van der Waals surface area contributed by atoms with Gasteiger partial charge in [-0.2, -0.15) is 0 Å². The number of benzene rings is 2. The van der Waals surface area contributed by atoms with Gasteiger partial charge in [-0.3, -0.25) is 13.5 Å². The van der Waals surface area contributed by atoms with E-state index < -0.39 is 22.0 Å². The number of hydrogen-bond donors (Lipinski definition) is 1. The molecule has 2 aromatic heterocycles. The third-order valence-corrected chi connectivity index (χ3v) is 6.81. The molecule has 31 heavy (non-hydrogen) atoms. The van der Waals surface area contributed by atoms with Crippen molar-refractivity contribution in [3.05, 3.63) is 90.4 Å². The molecule has 0 bridgehead atoms. The predicted octanol–water partition coefficient (Wildman–Crippen LogP) is 3.05. The number of aromatic nitrogens is 3. The van der Waals surface area contributed by atoms with Gasteiger partial charge in [0.15, 0.2) is 11.5 Å². The molecular weight excluding hydrogens is 414 g/mol. The van der Waals surface area contributed by atoms with E-state index in [1.54, 1.807) is 60.0 Å². The van der Waals surface area contributed by atoms with Crippen LogP contribution in [0.1, 0.15) is 29.1 Å². The van der Waals surface area contributed by atoms with E-state index in [0.29, 0.717) is 17.2 Å². The summed E-state index contributed by atoms with van der Waals surface area (Å²) in [6, 6.07) is 19.9. The molecule has 1 unspecified atom stereocenters. The molecule has 0 aliphatic carbocycles. The number of sulfonamides is 1. The van der Waals surface area contributed by atoms with Gasteiger partial charge >= 0.3 is 0 Å². The SMILES string of the molecule is CC(NC(=O)c1ccccc1S(=O)(=O)N(C)c1ccccc1)c1nnc2ccccn12. The van der Waals surface area contributed by atoms with Crippen LogP contribution in [0.25, 0.3) is 5.65 Å². The van der Waals surface area contributed by atoms with Gasteiger partial charge in [0.2, 0.25) is 0 Å². The summed E-state index contributed by atoms with van der Waals surface area (Å²) >= 11 is 0. The highest BCUT2D eigenvalue weighted by molar-refractivity contribution is 7.92. The summed E-state index contributed by atoms with van der Waals surface area (Å²) < 4.78 is 29.5. The Bertz CT molecular complexity index is 1340. The van der Waals surface area contributed by atoms with Gasteiger partial charge in [0.1, 0.15) is 4.90 Å². The Labute approximate surface area is 180 Å². The van der Waals surface area contributed by atoms with E-state index >= 15 is 0 Å². The van der Waals surface area contributed by atoms with E-state index in [0.717, 1.165) is 4.31 Å². The highest BCUT2D eigenvalue weighted by Crippen LogP contribution is 2.25. The number of fused-ring (bicyclic) bond motifs is 1. The normalized spacial score (nSPS) is 12.5. The first-order valence-corrected chi connectivity index (χ1v) is 11.1. The summed E-state index contributed by atoms with van der Waals surface area (Å²) in [5.74, 6) is 0.0338. The van der Waals surface area contributed by atoms with Crippen LogP contribution in [0.5, 0.6) is 0 Å². The highest BCUT2D eigenvalue weighted by Gasteiger charge is 2.27. The van der Waals surface area contributed by atoms with Crippen molar-refractivity contribution in [2.24, 2.45) is 0 Å². The molecule has 2 heterocycles. The molecule has 158 valence electrons. The number of nitrogens with zero attached hydrogens (tertiary/aromatic N) is 4. The topological polar surface area (TPSA) is 96.7 Å².